The van der Waals surface area contributed by atoms with E-state index in [-0.39, 0.29) is 4.90 Å². The van der Waals surface area contributed by atoms with Gasteiger partial charge in [0.15, 0.2) is 0 Å². The molecule has 0 amide bonds. The molecule has 0 saturated carbocycles. The summed E-state index contributed by atoms with van der Waals surface area (Å²) in [6.45, 7) is 3.99. The fraction of sp³-hybridized carbons (Fsp3) is 0.200. The summed E-state index contributed by atoms with van der Waals surface area (Å²) in [7, 11) is -3.44. The number of aryl methyl sites for hydroxylation is 1. The first-order valence-electron chi connectivity index (χ1n) is 6.56. The topological polar surface area (TPSA) is 81.4 Å². The van der Waals surface area contributed by atoms with Crippen molar-refractivity contribution in [1.29, 1.82) is 0 Å². The Morgan fingerprint density at radius 2 is 1.81 bits per heavy atom. The minimum atomic E-state index is -3.44. The van der Waals surface area contributed by atoms with Gasteiger partial charge in [-0.1, -0.05) is 6.92 Å². The normalized spacial score (nSPS) is 11.3. The van der Waals surface area contributed by atoms with Crippen LogP contribution in [-0.4, -0.2) is 15.0 Å². The van der Waals surface area contributed by atoms with Gasteiger partial charge < -0.3 is 10.5 Å². The van der Waals surface area contributed by atoms with Crippen molar-refractivity contribution in [2.75, 3.05) is 12.3 Å². The smallest absolute Gasteiger partial charge is 0.240 e. The second kappa shape index (κ2) is 6.15. The van der Waals surface area contributed by atoms with Gasteiger partial charge in [0.25, 0.3) is 0 Å². The van der Waals surface area contributed by atoms with E-state index < -0.39 is 10.0 Å². The zero-order valence-electron chi connectivity index (χ0n) is 12.0. The second-order valence-corrected chi connectivity index (χ2v) is 6.37. The van der Waals surface area contributed by atoms with Crippen molar-refractivity contribution in [3.63, 3.8) is 0 Å². The standard InChI is InChI=1S/C15H18N2O3S/c1-3-17-21(18,19)14-7-5-13(6-8-14)20-15-9-4-12(16)10-11(15)2/h4-10,17H,3,16H2,1-2H3. The number of hydrogen-bond donors (Lipinski definition) is 2. The summed E-state index contributed by atoms with van der Waals surface area (Å²) in [4.78, 5) is 0.214. The highest BCUT2D eigenvalue weighted by molar-refractivity contribution is 7.89. The maximum atomic E-state index is 11.8. The summed E-state index contributed by atoms with van der Waals surface area (Å²) in [6.07, 6.45) is 0. The summed E-state index contributed by atoms with van der Waals surface area (Å²) in [5.41, 5.74) is 7.28. The van der Waals surface area contributed by atoms with Gasteiger partial charge in [-0.15, -0.1) is 0 Å². The van der Waals surface area contributed by atoms with Gasteiger partial charge >= 0.3 is 0 Å². The first-order valence-corrected chi connectivity index (χ1v) is 8.04. The number of anilines is 1. The van der Waals surface area contributed by atoms with E-state index in [4.69, 9.17) is 10.5 Å². The number of hydrogen-bond acceptors (Lipinski definition) is 4. The molecule has 0 aromatic heterocycles. The van der Waals surface area contributed by atoms with Crippen LogP contribution in [0.5, 0.6) is 11.5 Å². The average Bonchev–Trinajstić information content (AvgIpc) is 2.42. The first-order chi connectivity index (χ1) is 9.92. The molecule has 21 heavy (non-hydrogen) atoms. The second-order valence-electron chi connectivity index (χ2n) is 4.60. The Hall–Kier alpha value is -2.05. The summed E-state index contributed by atoms with van der Waals surface area (Å²) in [5, 5.41) is 0. The molecule has 2 aromatic rings. The highest BCUT2D eigenvalue weighted by Gasteiger charge is 2.12. The van der Waals surface area contributed by atoms with Gasteiger partial charge in [-0.3, -0.25) is 0 Å². The molecule has 0 radical (unpaired) electrons. The van der Waals surface area contributed by atoms with Crippen molar-refractivity contribution >= 4 is 15.7 Å². The fourth-order valence-corrected chi connectivity index (χ4v) is 2.92. The van der Waals surface area contributed by atoms with Crippen LogP contribution in [0, 0.1) is 6.92 Å². The van der Waals surface area contributed by atoms with Gasteiger partial charge in [0.2, 0.25) is 10.0 Å². The van der Waals surface area contributed by atoms with Gasteiger partial charge in [0.1, 0.15) is 11.5 Å². The number of nitrogens with one attached hydrogen (secondary N) is 1. The van der Waals surface area contributed by atoms with E-state index in [1.54, 1.807) is 31.2 Å². The van der Waals surface area contributed by atoms with Crippen molar-refractivity contribution in [1.82, 2.24) is 4.72 Å². The molecule has 0 heterocycles. The van der Waals surface area contributed by atoms with Gasteiger partial charge in [-0.2, -0.15) is 0 Å². The van der Waals surface area contributed by atoms with Crippen LogP contribution in [0.3, 0.4) is 0 Å². The summed E-state index contributed by atoms with van der Waals surface area (Å²) in [6, 6.07) is 11.6. The van der Waals surface area contributed by atoms with Crippen molar-refractivity contribution in [2.24, 2.45) is 0 Å². The zero-order valence-corrected chi connectivity index (χ0v) is 12.8. The lowest BCUT2D eigenvalue weighted by atomic mass is 10.2. The minimum absolute atomic E-state index is 0.214. The number of benzene rings is 2. The average molecular weight is 306 g/mol. The van der Waals surface area contributed by atoms with Crippen molar-refractivity contribution in [3.05, 3.63) is 48.0 Å². The number of nitrogen functional groups attached to an aromatic ring is 1. The van der Waals surface area contributed by atoms with E-state index in [2.05, 4.69) is 4.72 Å². The molecule has 0 aliphatic carbocycles. The number of ether oxygens (including phenoxy) is 1. The Morgan fingerprint density at radius 3 is 2.38 bits per heavy atom. The lowest BCUT2D eigenvalue weighted by molar-refractivity contribution is 0.478. The number of sulfonamides is 1. The molecule has 0 atom stereocenters. The van der Waals surface area contributed by atoms with Crippen LogP contribution in [-0.2, 0) is 10.0 Å². The van der Waals surface area contributed by atoms with Gasteiger partial charge in [0.05, 0.1) is 4.90 Å². The van der Waals surface area contributed by atoms with Gasteiger partial charge in [0, 0.05) is 12.2 Å². The van der Waals surface area contributed by atoms with E-state index in [9.17, 15) is 8.42 Å². The molecule has 0 unspecified atom stereocenters. The highest BCUT2D eigenvalue weighted by atomic mass is 32.2. The van der Waals surface area contributed by atoms with Crippen LogP contribution >= 0.6 is 0 Å². The van der Waals surface area contributed by atoms with E-state index >= 15 is 0 Å². The quantitative estimate of drug-likeness (QED) is 0.832. The lowest BCUT2D eigenvalue weighted by Crippen LogP contribution is -2.22. The fourth-order valence-electron chi connectivity index (χ4n) is 1.87. The summed E-state index contributed by atoms with van der Waals surface area (Å²) < 4.78 is 31.8. The minimum Gasteiger partial charge on any atom is -0.457 e. The maximum Gasteiger partial charge on any atom is 0.240 e. The number of rotatable bonds is 5. The van der Waals surface area contributed by atoms with E-state index in [0.29, 0.717) is 23.7 Å². The molecular weight excluding hydrogens is 288 g/mol. The molecular formula is C15H18N2O3S. The number of nitrogens with two attached hydrogens (primary N) is 1. The monoisotopic (exact) mass is 306 g/mol. The SMILES string of the molecule is CCNS(=O)(=O)c1ccc(Oc2ccc(N)cc2C)cc1. The third-order valence-electron chi connectivity index (χ3n) is 2.90. The van der Waals surface area contributed by atoms with Crippen LogP contribution in [0.1, 0.15) is 12.5 Å². The predicted octanol–water partition coefficient (Wildman–Crippen LogP) is 2.67. The summed E-state index contributed by atoms with van der Waals surface area (Å²) >= 11 is 0. The zero-order chi connectivity index (χ0) is 15.5. The third-order valence-corrected chi connectivity index (χ3v) is 4.46. The Bertz CT molecular complexity index is 725. The molecule has 112 valence electrons. The molecule has 0 saturated heterocycles. The molecule has 0 spiro atoms. The maximum absolute atomic E-state index is 11.8. The van der Waals surface area contributed by atoms with E-state index in [1.165, 1.54) is 12.1 Å². The highest BCUT2D eigenvalue weighted by Crippen LogP contribution is 2.27. The van der Waals surface area contributed by atoms with Crippen LogP contribution < -0.4 is 15.2 Å². The van der Waals surface area contributed by atoms with Crippen LogP contribution in [0.4, 0.5) is 5.69 Å². The summed E-state index contributed by atoms with van der Waals surface area (Å²) in [5.74, 6) is 1.25. The van der Waals surface area contributed by atoms with Crippen molar-refractivity contribution in [3.8, 4) is 11.5 Å². The molecule has 0 aliphatic heterocycles. The van der Waals surface area contributed by atoms with Crippen LogP contribution in [0.25, 0.3) is 0 Å². The van der Waals surface area contributed by atoms with E-state index in [0.717, 1.165) is 5.56 Å². The molecule has 6 heteroatoms. The van der Waals surface area contributed by atoms with Crippen molar-refractivity contribution in [2.45, 2.75) is 18.7 Å². The largest absolute Gasteiger partial charge is 0.457 e. The molecule has 2 rings (SSSR count). The Morgan fingerprint density at radius 1 is 1.14 bits per heavy atom. The molecule has 5 nitrogen and oxygen atoms in total. The molecule has 0 aliphatic rings. The lowest BCUT2D eigenvalue weighted by Gasteiger charge is -2.10. The molecule has 2 aromatic carbocycles. The molecule has 0 fully saturated rings. The van der Waals surface area contributed by atoms with Gasteiger partial charge in [-0.05, 0) is 55.0 Å². The van der Waals surface area contributed by atoms with Crippen LogP contribution in [0.2, 0.25) is 0 Å². The van der Waals surface area contributed by atoms with E-state index in [1.807, 2.05) is 13.0 Å². The molecule has 0 bridgehead atoms. The van der Waals surface area contributed by atoms with Crippen molar-refractivity contribution < 1.29 is 13.2 Å². The van der Waals surface area contributed by atoms with Gasteiger partial charge in [-0.25, -0.2) is 13.1 Å². The third kappa shape index (κ3) is 3.74. The Kier molecular flexibility index (Phi) is 4.50. The first kappa shape index (κ1) is 15.3. The Labute approximate surface area is 124 Å². The predicted molar refractivity (Wildman–Crippen MR) is 83.0 cm³/mol. The van der Waals surface area contributed by atoms with Crippen LogP contribution in [0.15, 0.2) is 47.4 Å². The molecule has 3 N–H and O–H groups in total. The Balaban J connectivity index is 2.20.